The minimum absolute atomic E-state index is 0.287. The van der Waals surface area contributed by atoms with Crippen LogP contribution in [-0.2, 0) is 0 Å². The SMILES string of the molecule is C=C1C2CCC(C2)[C@]1(C)/C=C/C=C(C)C. The first-order chi connectivity index (χ1) is 7.04. The fourth-order valence-corrected chi connectivity index (χ4v) is 3.23. The van der Waals surface area contributed by atoms with Crippen molar-refractivity contribution in [2.45, 2.75) is 40.0 Å². The summed E-state index contributed by atoms with van der Waals surface area (Å²) in [7, 11) is 0. The molecule has 0 spiro atoms. The van der Waals surface area contributed by atoms with Crippen molar-refractivity contribution in [2.24, 2.45) is 17.3 Å². The summed E-state index contributed by atoms with van der Waals surface area (Å²) in [4.78, 5) is 0. The van der Waals surface area contributed by atoms with Crippen LogP contribution in [0.15, 0.2) is 36.0 Å². The van der Waals surface area contributed by atoms with Gasteiger partial charge in [0.15, 0.2) is 0 Å². The van der Waals surface area contributed by atoms with Gasteiger partial charge in [-0.1, -0.05) is 42.9 Å². The molecule has 2 rings (SSSR count). The summed E-state index contributed by atoms with van der Waals surface area (Å²) in [5.74, 6) is 1.67. The topological polar surface area (TPSA) is 0 Å². The Morgan fingerprint density at radius 3 is 2.67 bits per heavy atom. The van der Waals surface area contributed by atoms with Crippen molar-refractivity contribution in [3.63, 3.8) is 0 Å². The average Bonchev–Trinajstić information content (AvgIpc) is 2.70. The van der Waals surface area contributed by atoms with Crippen LogP contribution >= 0.6 is 0 Å². The molecule has 82 valence electrons. The van der Waals surface area contributed by atoms with E-state index in [9.17, 15) is 0 Å². The van der Waals surface area contributed by atoms with Gasteiger partial charge in [-0.25, -0.2) is 0 Å². The molecule has 0 aromatic rings. The van der Waals surface area contributed by atoms with Crippen LogP contribution in [0.4, 0.5) is 0 Å². The first kappa shape index (κ1) is 10.7. The smallest absolute Gasteiger partial charge is 0.00940 e. The molecular formula is C15H22. The van der Waals surface area contributed by atoms with Crippen LogP contribution in [0.25, 0.3) is 0 Å². The highest BCUT2D eigenvalue weighted by Crippen LogP contribution is 2.59. The summed E-state index contributed by atoms with van der Waals surface area (Å²) >= 11 is 0. The van der Waals surface area contributed by atoms with E-state index < -0.39 is 0 Å². The first-order valence-electron chi connectivity index (χ1n) is 6.06. The van der Waals surface area contributed by atoms with Crippen LogP contribution in [-0.4, -0.2) is 0 Å². The van der Waals surface area contributed by atoms with Crippen molar-refractivity contribution in [1.82, 2.24) is 0 Å². The molecule has 2 aliphatic carbocycles. The number of allylic oxidation sites excluding steroid dienone is 5. The summed E-state index contributed by atoms with van der Waals surface area (Å²) in [6.45, 7) is 11.0. The minimum atomic E-state index is 0.287. The zero-order valence-electron chi connectivity index (χ0n) is 10.2. The van der Waals surface area contributed by atoms with E-state index in [2.05, 4.69) is 45.6 Å². The fraction of sp³-hybridized carbons (Fsp3) is 0.600. The lowest BCUT2D eigenvalue weighted by atomic mass is 9.71. The molecule has 0 aromatic heterocycles. The fourth-order valence-electron chi connectivity index (χ4n) is 3.23. The average molecular weight is 202 g/mol. The monoisotopic (exact) mass is 202 g/mol. The van der Waals surface area contributed by atoms with Crippen LogP contribution in [0.5, 0.6) is 0 Å². The Bertz CT molecular complexity index is 328. The predicted octanol–water partition coefficient (Wildman–Crippen LogP) is 4.50. The third-order valence-corrected chi connectivity index (χ3v) is 4.34. The summed E-state index contributed by atoms with van der Waals surface area (Å²) in [6, 6.07) is 0. The lowest BCUT2D eigenvalue weighted by Crippen LogP contribution is -2.23. The molecular weight excluding hydrogens is 180 g/mol. The Morgan fingerprint density at radius 2 is 2.13 bits per heavy atom. The first-order valence-corrected chi connectivity index (χ1v) is 6.06. The molecule has 0 saturated heterocycles. The van der Waals surface area contributed by atoms with E-state index in [1.807, 2.05) is 0 Å². The Kier molecular flexibility index (Phi) is 2.62. The van der Waals surface area contributed by atoms with Crippen LogP contribution in [0, 0.1) is 17.3 Å². The molecule has 2 bridgehead atoms. The maximum atomic E-state index is 4.32. The highest BCUT2D eigenvalue weighted by Gasteiger charge is 2.49. The Labute approximate surface area is 93.8 Å². The quantitative estimate of drug-likeness (QED) is 0.457. The zero-order chi connectivity index (χ0) is 11.1. The predicted molar refractivity (Wildman–Crippen MR) is 66.6 cm³/mol. The molecule has 0 radical (unpaired) electrons. The third kappa shape index (κ3) is 1.71. The van der Waals surface area contributed by atoms with E-state index in [1.165, 1.54) is 30.4 Å². The number of fused-ring (bicyclic) bond motifs is 2. The maximum Gasteiger partial charge on any atom is 0.00940 e. The molecule has 2 unspecified atom stereocenters. The Balaban J connectivity index is 2.17. The van der Waals surface area contributed by atoms with E-state index >= 15 is 0 Å². The van der Waals surface area contributed by atoms with Crippen molar-refractivity contribution in [3.05, 3.63) is 36.0 Å². The lowest BCUT2D eigenvalue weighted by molar-refractivity contribution is 0.332. The summed E-state index contributed by atoms with van der Waals surface area (Å²) < 4.78 is 0. The number of rotatable bonds is 2. The van der Waals surface area contributed by atoms with Crippen LogP contribution in [0.1, 0.15) is 40.0 Å². The van der Waals surface area contributed by atoms with E-state index in [0.717, 1.165) is 11.8 Å². The van der Waals surface area contributed by atoms with Crippen molar-refractivity contribution in [3.8, 4) is 0 Å². The second kappa shape index (κ2) is 3.66. The normalized spacial score (nSPS) is 39.0. The molecule has 2 saturated carbocycles. The maximum absolute atomic E-state index is 4.32. The lowest BCUT2D eigenvalue weighted by Gasteiger charge is -2.33. The van der Waals surface area contributed by atoms with Gasteiger partial charge in [-0.15, -0.1) is 0 Å². The van der Waals surface area contributed by atoms with Crippen LogP contribution < -0.4 is 0 Å². The molecule has 0 heterocycles. The van der Waals surface area contributed by atoms with Gasteiger partial charge >= 0.3 is 0 Å². The van der Waals surface area contributed by atoms with Gasteiger partial charge in [0.1, 0.15) is 0 Å². The molecule has 0 aromatic carbocycles. The van der Waals surface area contributed by atoms with E-state index in [1.54, 1.807) is 0 Å². The van der Waals surface area contributed by atoms with Gasteiger partial charge in [-0.3, -0.25) is 0 Å². The minimum Gasteiger partial charge on any atom is -0.0987 e. The van der Waals surface area contributed by atoms with Gasteiger partial charge in [0.2, 0.25) is 0 Å². The van der Waals surface area contributed by atoms with Crippen molar-refractivity contribution < 1.29 is 0 Å². The standard InChI is InChI=1S/C15H22/c1-11(2)6-5-9-15(4)12(3)13-7-8-14(15)10-13/h5-6,9,13-14H,3,7-8,10H2,1-2,4H3/b9-5+/t13?,14?,15-/m1/s1. The summed E-state index contributed by atoms with van der Waals surface area (Å²) in [5, 5.41) is 0. The highest BCUT2D eigenvalue weighted by atomic mass is 14.5. The molecule has 0 aliphatic heterocycles. The van der Waals surface area contributed by atoms with Gasteiger partial charge in [-0.05, 0) is 44.9 Å². The Morgan fingerprint density at radius 1 is 1.40 bits per heavy atom. The summed E-state index contributed by atoms with van der Waals surface area (Å²) in [5.41, 5.74) is 3.13. The van der Waals surface area contributed by atoms with Gasteiger partial charge < -0.3 is 0 Å². The van der Waals surface area contributed by atoms with Gasteiger partial charge in [0.05, 0.1) is 0 Å². The zero-order valence-corrected chi connectivity index (χ0v) is 10.2. The second-order valence-electron chi connectivity index (χ2n) is 5.62. The van der Waals surface area contributed by atoms with E-state index in [4.69, 9.17) is 0 Å². The Hall–Kier alpha value is -0.780. The molecule has 2 fully saturated rings. The molecule has 0 amide bonds. The molecule has 3 atom stereocenters. The van der Waals surface area contributed by atoms with Gasteiger partial charge in [-0.2, -0.15) is 0 Å². The summed E-state index contributed by atoms with van der Waals surface area (Å²) in [6.07, 6.45) is 11.0. The second-order valence-corrected chi connectivity index (χ2v) is 5.62. The molecule has 0 nitrogen and oxygen atoms in total. The van der Waals surface area contributed by atoms with E-state index in [0.29, 0.717) is 0 Å². The van der Waals surface area contributed by atoms with Crippen molar-refractivity contribution in [1.29, 1.82) is 0 Å². The molecule has 0 N–H and O–H groups in total. The largest absolute Gasteiger partial charge is 0.0987 e. The van der Waals surface area contributed by atoms with Gasteiger partial charge in [0.25, 0.3) is 0 Å². The molecule has 15 heavy (non-hydrogen) atoms. The van der Waals surface area contributed by atoms with Gasteiger partial charge in [0, 0.05) is 5.41 Å². The van der Waals surface area contributed by atoms with E-state index in [-0.39, 0.29) is 5.41 Å². The highest BCUT2D eigenvalue weighted by molar-refractivity contribution is 5.31. The molecule has 2 aliphatic rings. The number of hydrogen-bond acceptors (Lipinski definition) is 0. The third-order valence-electron chi connectivity index (χ3n) is 4.34. The molecule has 0 heteroatoms. The van der Waals surface area contributed by atoms with Crippen molar-refractivity contribution >= 4 is 0 Å². The van der Waals surface area contributed by atoms with Crippen molar-refractivity contribution in [2.75, 3.05) is 0 Å². The van der Waals surface area contributed by atoms with Crippen LogP contribution in [0.3, 0.4) is 0 Å². The van der Waals surface area contributed by atoms with Crippen LogP contribution in [0.2, 0.25) is 0 Å². The number of hydrogen-bond donors (Lipinski definition) is 0.